The maximum Gasteiger partial charge on any atom is 0.0126 e. The van der Waals surface area contributed by atoms with Gasteiger partial charge >= 0.3 is 0 Å². The van der Waals surface area contributed by atoms with Gasteiger partial charge in [-0.25, -0.2) is 0 Å². The number of rotatable bonds is 4. The highest BCUT2D eigenvalue weighted by molar-refractivity contribution is 4.98. The maximum absolute atomic E-state index is 3.88. The molecule has 1 nitrogen and oxygen atoms in total. The molecule has 2 fully saturated rings. The van der Waals surface area contributed by atoms with Crippen LogP contribution in [-0.4, -0.2) is 12.1 Å². The number of hydrogen-bond donors (Lipinski definition) is 1. The van der Waals surface area contributed by atoms with Crippen molar-refractivity contribution in [3.8, 4) is 0 Å². The molecule has 0 aromatic heterocycles. The summed E-state index contributed by atoms with van der Waals surface area (Å²) in [6, 6.07) is 1.50. The summed E-state index contributed by atoms with van der Waals surface area (Å²) >= 11 is 0. The molecular weight excluding hydrogens is 170 g/mol. The fourth-order valence-corrected chi connectivity index (χ4v) is 2.11. The third-order valence-electron chi connectivity index (χ3n) is 4.00. The molecule has 0 saturated heterocycles. The second-order valence-corrected chi connectivity index (χ2v) is 6.46. The first-order chi connectivity index (χ1) is 6.48. The van der Waals surface area contributed by atoms with E-state index in [0.717, 1.165) is 17.9 Å². The first-order valence-electron chi connectivity index (χ1n) is 6.24. The summed E-state index contributed by atoms with van der Waals surface area (Å²) in [5, 5.41) is 3.88. The van der Waals surface area contributed by atoms with Crippen molar-refractivity contribution in [3.63, 3.8) is 0 Å². The van der Waals surface area contributed by atoms with Crippen LogP contribution in [0.15, 0.2) is 0 Å². The monoisotopic (exact) mass is 195 g/mol. The summed E-state index contributed by atoms with van der Waals surface area (Å²) in [5.41, 5.74) is 0.405. The Balaban J connectivity index is 1.86. The van der Waals surface area contributed by atoms with Crippen LogP contribution >= 0.6 is 0 Å². The average Bonchev–Trinajstić information content (AvgIpc) is 2.90. The van der Waals surface area contributed by atoms with Gasteiger partial charge in [-0.1, -0.05) is 20.8 Å². The molecule has 82 valence electrons. The van der Waals surface area contributed by atoms with Gasteiger partial charge in [0.05, 0.1) is 0 Å². The lowest BCUT2D eigenvalue weighted by molar-refractivity contribution is 0.241. The molecule has 1 unspecified atom stereocenters. The molecular formula is C13H25N. The van der Waals surface area contributed by atoms with Crippen molar-refractivity contribution in [1.82, 2.24) is 5.32 Å². The first kappa shape index (κ1) is 10.5. The summed E-state index contributed by atoms with van der Waals surface area (Å²) in [6.45, 7) is 9.35. The van der Waals surface area contributed by atoms with Gasteiger partial charge in [0.25, 0.3) is 0 Å². The number of hydrogen-bond acceptors (Lipinski definition) is 1. The van der Waals surface area contributed by atoms with Crippen LogP contribution in [0, 0.1) is 17.3 Å². The molecule has 2 rings (SSSR count). The van der Waals surface area contributed by atoms with Crippen molar-refractivity contribution in [1.29, 1.82) is 0 Å². The highest BCUT2D eigenvalue weighted by atomic mass is 15.0. The Bertz CT molecular complexity index is 184. The molecule has 14 heavy (non-hydrogen) atoms. The Morgan fingerprint density at radius 2 is 1.43 bits per heavy atom. The predicted octanol–water partition coefficient (Wildman–Crippen LogP) is 3.20. The van der Waals surface area contributed by atoms with E-state index in [1.807, 2.05) is 0 Å². The summed E-state index contributed by atoms with van der Waals surface area (Å²) in [7, 11) is 0. The molecule has 0 aromatic rings. The van der Waals surface area contributed by atoms with Gasteiger partial charge in [-0.15, -0.1) is 0 Å². The quantitative estimate of drug-likeness (QED) is 0.726. The molecule has 0 amide bonds. The van der Waals surface area contributed by atoms with Crippen LogP contribution in [0.2, 0.25) is 0 Å². The number of nitrogens with one attached hydrogen (secondary N) is 1. The van der Waals surface area contributed by atoms with Crippen molar-refractivity contribution in [2.45, 2.75) is 65.5 Å². The normalized spacial score (nSPS) is 25.5. The second-order valence-electron chi connectivity index (χ2n) is 6.46. The van der Waals surface area contributed by atoms with E-state index in [0.29, 0.717) is 11.5 Å². The minimum atomic E-state index is 0.405. The van der Waals surface area contributed by atoms with Gasteiger partial charge in [0, 0.05) is 12.1 Å². The van der Waals surface area contributed by atoms with Crippen LogP contribution in [-0.2, 0) is 0 Å². The molecule has 0 spiro atoms. The van der Waals surface area contributed by atoms with E-state index >= 15 is 0 Å². The molecule has 0 aromatic carbocycles. The van der Waals surface area contributed by atoms with E-state index in [9.17, 15) is 0 Å². The highest BCUT2D eigenvalue weighted by Gasteiger charge is 2.42. The van der Waals surface area contributed by atoms with E-state index in [-0.39, 0.29) is 0 Å². The molecule has 0 bridgehead atoms. The first-order valence-corrected chi connectivity index (χ1v) is 6.24. The second kappa shape index (κ2) is 3.52. The van der Waals surface area contributed by atoms with Crippen molar-refractivity contribution in [3.05, 3.63) is 0 Å². The van der Waals surface area contributed by atoms with E-state index in [4.69, 9.17) is 0 Å². The van der Waals surface area contributed by atoms with Crippen LogP contribution in [0.4, 0.5) is 0 Å². The maximum atomic E-state index is 3.88. The van der Waals surface area contributed by atoms with E-state index in [1.54, 1.807) is 0 Å². The zero-order valence-corrected chi connectivity index (χ0v) is 10.1. The standard InChI is InChI=1S/C13H25N/c1-9(13(2,3)4)14-12(10-5-6-10)11-7-8-11/h9-12,14H,5-8H2,1-4H3. The molecule has 2 saturated carbocycles. The lowest BCUT2D eigenvalue weighted by Gasteiger charge is -2.32. The molecule has 1 N–H and O–H groups in total. The van der Waals surface area contributed by atoms with Crippen LogP contribution < -0.4 is 5.32 Å². The summed E-state index contributed by atoms with van der Waals surface area (Å²) in [6.07, 6.45) is 5.91. The minimum Gasteiger partial charge on any atom is -0.310 e. The van der Waals surface area contributed by atoms with Crippen molar-refractivity contribution in [2.24, 2.45) is 17.3 Å². The average molecular weight is 195 g/mol. The Morgan fingerprint density at radius 3 is 1.71 bits per heavy atom. The van der Waals surface area contributed by atoms with Crippen LogP contribution in [0.5, 0.6) is 0 Å². The zero-order chi connectivity index (χ0) is 10.3. The van der Waals surface area contributed by atoms with Gasteiger partial charge in [0.1, 0.15) is 0 Å². The molecule has 2 aliphatic carbocycles. The summed E-state index contributed by atoms with van der Waals surface area (Å²) in [5.74, 6) is 2.04. The Kier molecular flexibility index (Phi) is 2.63. The molecule has 1 atom stereocenters. The lowest BCUT2D eigenvalue weighted by Crippen LogP contribution is -2.45. The summed E-state index contributed by atoms with van der Waals surface area (Å²) < 4.78 is 0. The van der Waals surface area contributed by atoms with Gasteiger partial charge in [0.2, 0.25) is 0 Å². The third-order valence-corrected chi connectivity index (χ3v) is 4.00. The van der Waals surface area contributed by atoms with Crippen molar-refractivity contribution in [2.75, 3.05) is 0 Å². The predicted molar refractivity (Wildman–Crippen MR) is 61.3 cm³/mol. The smallest absolute Gasteiger partial charge is 0.0126 e. The fourth-order valence-electron chi connectivity index (χ4n) is 2.11. The zero-order valence-electron chi connectivity index (χ0n) is 10.1. The van der Waals surface area contributed by atoms with Gasteiger partial charge < -0.3 is 5.32 Å². The molecule has 1 heteroatoms. The van der Waals surface area contributed by atoms with Crippen LogP contribution in [0.1, 0.15) is 53.4 Å². The molecule has 0 radical (unpaired) electrons. The fraction of sp³-hybridized carbons (Fsp3) is 1.00. The van der Waals surface area contributed by atoms with Gasteiger partial charge in [0.15, 0.2) is 0 Å². The Hall–Kier alpha value is -0.0400. The van der Waals surface area contributed by atoms with Gasteiger partial charge in [-0.3, -0.25) is 0 Å². The van der Waals surface area contributed by atoms with Crippen molar-refractivity contribution < 1.29 is 0 Å². The van der Waals surface area contributed by atoms with Crippen LogP contribution in [0.25, 0.3) is 0 Å². The molecule has 0 aliphatic heterocycles. The third kappa shape index (κ3) is 2.50. The van der Waals surface area contributed by atoms with E-state index in [1.165, 1.54) is 25.7 Å². The Morgan fingerprint density at radius 1 is 1.00 bits per heavy atom. The Labute approximate surface area is 88.7 Å². The van der Waals surface area contributed by atoms with Crippen LogP contribution in [0.3, 0.4) is 0 Å². The SMILES string of the molecule is CC(NC(C1CC1)C1CC1)C(C)(C)C. The lowest BCUT2D eigenvalue weighted by atomic mass is 9.87. The minimum absolute atomic E-state index is 0.405. The molecule has 0 heterocycles. The van der Waals surface area contributed by atoms with E-state index < -0.39 is 0 Å². The topological polar surface area (TPSA) is 12.0 Å². The highest BCUT2D eigenvalue weighted by Crippen LogP contribution is 2.45. The summed E-state index contributed by atoms with van der Waals surface area (Å²) in [4.78, 5) is 0. The molecule has 2 aliphatic rings. The van der Waals surface area contributed by atoms with E-state index in [2.05, 4.69) is 33.0 Å². The van der Waals surface area contributed by atoms with Gasteiger partial charge in [-0.05, 0) is 49.9 Å². The van der Waals surface area contributed by atoms with Crippen molar-refractivity contribution >= 4 is 0 Å². The largest absolute Gasteiger partial charge is 0.310 e. The van der Waals surface area contributed by atoms with Gasteiger partial charge in [-0.2, -0.15) is 0 Å².